The summed E-state index contributed by atoms with van der Waals surface area (Å²) in [5, 5.41) is 20.5. The Morgan fingerprint density at radius 1 is 0.868 bits per heavy atom. The molecule has 0 saturated carbocycles. The second-order valence-electron chi connectivity index (χ2n) is 10.9. The third-order valence-electron chi connectivity index (χ3n) is 7.45. The van der Waals surface area contributed by atoms with Crippen LogP contribution in [0.1, 0.15) is 87.9 Å². The lowest BCUT2D eigenvalue weighted by Crippen LogP contribution is -2.50. The van der Waals surface area contributed by atoms with E-state index in [4.69, 9.17) is 9.47 Å². The van der Waals surface area contributed by atoms with Crippen molar-refractivity contribution in [2.24, 2.45) is 5.41 Å². The number of hydrogen-bond acceptors (Lipinski definition) is 8. The van der Waals surface area contributed by atoms with Gasteiger partial charge in [0.2, 0.25) is 0 Å². The molecule has 1 aromatic carbocycles. The third kappa shape index (κ3) is 8.01. The predicted octanol–water partition coefficient (Wildman–Crippen LogP) is 3.39. The van der Waals surface area contributed by atoms with Gasteiger partial charge in [0.15, 0.2) is 0 Å². The van der Waals surface area contributed by atoms with Crippen LogP contribution in [-0.2, 0) is 14.3 Å². The van der Waals surface area contributed by atoms with Crippen molar-refractivity contribution in [2.45, 2.75) is 85.0 Å². The number of amides is 3. The maximum Gasteiger partial charge on any atom is 0.338 e. The lowest BCUT2D eigenvalue weighted by atomic mass is 9.84. The molecule has 2 unspecified atom stereocenters. The molecule has 0 radical (unpaired) electrons. The number of hydrogen-bond donors (Lipinski definition) is 2. The van der Waals surface area contributed by atoms with Gasteiger partial charge in [-0.2, -0.15) is 0 Å². The lowest BCUT2D eigenvalue weighted by molar-refractivity contribution is -0.129. The summed E-state index contributed by atoms with van der Waals surface area (Å²) in [6, 6.07) is 5.17. The standard InChI is InChI=1S/C28H42N2O8/c1-7-27(4,5)14-21(31)17-37-24(34)19-10-12-20(13-11-19)25(35)38-18-22(32)15-29-16-23(33)30(26(29)36)28(6,8-2)9-3/h10-13,21-22,31-32H,7-9,14-18H2,1-6H3. The molecule has 3 amide bonds. The first-order valence-electron chi connectivity index (χ1n) is 13.2. The number of aliphatic hydroxyl groups is 2. The Morgan fingerprint density at radius 3 is 1.79 bits per heavy atom. The van der Waals surface area contributed by atoms with E-state index in [-0.39, 0.29) is 48.8 Å². The molecule has 1 fully saturated rings. The number of imide groups is 1. The van der Waals surface area contributed by atoms with Gasteiger partial charge in [0.25, 0.3) is 5.91 Å². The molecule has 38 heavy (non-hydrogen) atoms. The molecule has 10 nitrogen and oxygen atoms in total. The fraction of sp³-hybridized carbons (Fsp3) is 0.643. The first-order chi connectivity index (χ1) is 17.8. The van der Waals surface area contributed by atoms with Gasteiger partial charge in [0.1, 0.15) is 25.9 Å². The maximum absolute atomic E-state index is 12.8. The second-order valence-corrected chi connectivity index (χ2v) is 10.9. The summed E-state index contributed by atoms with van der Waals surface area (Å²) in [5.74, 6) is -1.64. The van der Waals surface area contributed by atoms with Gasteiger partial charge in [-0.05, 0) is 55.9 Å². The first kappa shape index (κ1) is 31.2. The Hall–Kier alpha value is -2.98. The minimum absolute atomic E-state index is 0.0608. The molecule has 0 bridgehead atoms. The molecular weight excluding hydrogens is 492 g/mol. The highest BCUT2D eigenvalue weighted by molar-refractivity contribution is 6.02. The van der Waals surface area contributed by atoms with Crippen molar-refractivity contribution in [1.29, 1.82) is 0 Å². The van der Waals surface area contributed by atoms with E-state index in [0.29, 0.717) is 19.3 Å². The van der Waals surface area contributed by atoms with Crippen molar-refractivity contribution < 1.29 is 38.9 Å². The van der Waals surface area contributed by atoms with E-state index in [9.17, 15) is 29.4 Å². The highest BCUT2D eigenvalue weighted by atomic mass is 16.5. The van der Waals surface area contributed by atoms with Gasteiger partial charge in [0.05, 0.1) is 23.8 Å². The largest absolute Gasteiger partial charge is 0.459 e. The molecule has 1 aliphatic heterocycles. The zero-order valence-electron chi connectivity index (χ0n) is 23.4. The van der Waals surface area contributed by atoms with Crippen LogP contribution < -0.4 is 0 Å². The molecule has 212 valence electrons. The van der Waals surface area contributed by atoms with E-state index in [0.717, 1.165) is 6.42 Å². The van der Waals surface area contributed by atoms with Crippen molar-refractivity contribution in [3.05, 3.63) is 35.4 Å². The Bertz CT molecular complexity index is 987. The van der Waals surface area contributed by atoms with Gasteiger partial charge >= 0.3 is 18.0 Å². The van der Waals surface area contributed by atoms with Gasteiger partial charge in [0, 0.05) is 5.54 Å². The number of β-amino-alcohol motifs (C(OH)–C–C–N with tert-alkyl or cyclic N) is 1. The minimum atomic E-state index is -1.18. The molecule has 1 saturated heterocycles. The van der Waals surface area contributed by atoms with Gasteiger partial charge < -0.3 is 24.6 Å². The topological polar surface area (TPSA) is 134 Å². The van der Waals surface area contributed by atoms with E-state index >= 15 is 0 Å². The maximum atomic E-state index is 12.8. The summed E-state index contributed by atoms with van der Waals surface area (Å²) in [7, 11) is 0. The zero-order chi connectivity index (χ0) is 28.7. The second kappa shape index (κ2) is 13.2. The fourth-order valence-electron chi connectivity index (χ4n) is 4.19. The van der Waals surface area contributed by atoms with Crippen LogP contribution >= 0.6 is 0 Å². The number of esters is 2. The van der Waals surface area contributed by atoms with Gasteiger partial charge in [-0.15, -0.1) is 0 Å². The fourth-order valence-corrected chi connectivity index (χ4v) is 4.19. The van der Waals surface area contributed by atoms with E-state index in [2.05, 4.69) is 0 Å². The predicted molar refractivity (Wildman–Crippen MR) is 141 cm³/mol. The van der Waals surface area contributed by atoms with Crippen LogP contribution in [0.5, 0.6) is 0 Å². The van der Waals surface area contributed by atoms with E-state index in [1.807, 2.05) is 41.5 Å². The van der Waals surface area contributed by atoms with Gasteiger partial charge in [-0.3, -0.25) is 9.69 Å². The SMILES string of the molecule is CCC(C)(C)CC(O)COC(=O)c1ccc(C(=O)OCC(O)CN2CC(=O)N(C(C)(CC)CC)C2=O)cc1. The smallest absolute Gasteiger partial charge is 0.338 e. The molecule has 2 rings (SSSR count). The van der Waals surface area contributed by atoms with E-state index in [1.165, 1.54) is 34.1 Å². The van der Waals surface area contributed by atoms with Crippen LogP contribution in [0.25, 0.3) is 0 Å². The normalized spacial score (nSPS) is 16.0. The summed E-state index contributed by atoms with van der Waals surface area (Å²) in [4.78, 5) is 52.4. The van der Waals surface area contributed by atoms with E-state index in [1.54, 1.807) is 0 Å². The van der Waals surface area contributed by atoms with Crippen molar-refractivity contribution in [3.63, 3.8) is 0 Å². The highest BCUT2D eigenvalue weighted by Gasteiger charge is 2.45. The summed E-state index contributed by atoms with van der Waals surface area (Å²) < 4.78 is 10.3. The summed E-state index contributed by atoms with van der Waals surface area (Å²) in [6.07, 6.45) is 0.678. The Kier molecular flexibility index (Phi) is 10.8. The van der Waals surface area contributed by atoms with Crippen LogP contribution in [0.3, 0.4) is 0 Å². The number of nitrogens with zero attached hydrogens (tertiary/aromatic N) is 2. The van der Waals surface area contributed by atoms with Crippen LogP contribution in [0.4, 0.5) is 4.79 Å². The summed E-state index contributed by atoms with van der Waals surface area (Å²) >= 11 is 0. The summed E-state index contributed by atoms with van der Waals surface area (Å²) in [6.45, 7) is 11.0. The van der Waals surface area contributed by atoms with Gasteiger partial charge in [-0.25, -0.2) is 14.4 Å². The molecule has 10 heteroatoms. The van der Waals surface area contributed by atoms with Crippen molar-refractivity contribution in [2.75, 3.05) is 26.3 Å². The highest BCUT2D eigenvalue weighted by Crippen LogP contribution is 2.29. The number of rotatable bonds is 14. The average molecular weight is 535 g/mol. The molecule has 1 aliphatic rings. The number of carbonyl (C=O) groups is 4. The number of ether oxygens (including phenoxy) is 2. The number of benzene rings is 1. The number of aliphatic hydroxyl groups excluding tert-OH is 2. The molecule has 2 N–H and O–H groups in total. The zero-order valence-corrected chi connectivity index (χ0v) is 23.4. The van der Waals surface area contributed by atoms with Crippen LogP contribution in [-0.4, -0.2) is 87.9 Å². The lowest BCUT2D eigenvalue weighted by Gasteiger charge is -2.35. The number of carbonyl (C=O) groups excluding carboxylic acids is 4. The first-order valence-corrected chi connectivity index (χ1v) is 13.2. The van der Waals surface area contributed by atoms with Gasteiger partial charge in [-0.1, -0.05) is 41.0 Å². The molecule has 1 aromatic rings. The summed E-state index contributed by atoms with van der Waals surface area (Å²) in [5.41, 5.74) is -0.269. The Labute approximate surface area is 224 Å². The molecule has 0 aliphatic carbocycles. The molecule has 2 atom stereocenters. The molecule has 1 heterocycles. The number of urea groups is 1. The third-order valence-corrected chi connectivity index (χ3v) is 7.45. The Morgan fingerprint density at radius 2 is 1.34 bits per heavy atom. The van der Waals surface area contributed by atoms with E-state index < -0.39 is 35.7 Å². The van der Waals surface area contributed by atoms with Crippen LogP contribution in [0.2, 0.25) is 0 Å². The van der Waals surface area contributed by atoms with Crippen molar-refractivity contribution in [3.8, 4) is 0 Å². The molecule has 0 aromatic heterocycles. The average Bonchev–Trinajstić information content (AvgIpc) is 3.17. The van der Waals surface area contributed by atoms with Crippen LogP contribution in [0.15, 0.2) is 24.3 Å². The minimum Gasteiger partial charge on any atom is -0.459 e. The Balaban J connectivity index is 1.84. The molecule has 0 spiro atoms. The monoisotopic (exact) mass is 534 g/mol. The van der Waals surface area contributed by atoms with Crippen molar-refractivity contribution in [1.82, 2.24) is 9.80 Å². The van der Waals surface area contributed by atoms with Crippen LogP contribution in [0, 0.1) is 5.41 Å². The van der Waals surface area contributed by atoms with Crippen molar-refractivity contribution >= 4 is 23.9 Å². The quantitative estimate of drug-likeness (QED) is 0.274. The molecular formula is C28H42N2O8.